The number of hydrogen-bond donors (Lipinski definition) is 2. The van der Waals surface area contributed by atoms with E-state index in [1.165, 1.54) is 19.3 Å². The van der Waals surface area contributed by atoms with Gasteiger partial charge in [0.2, 0.25) is 0 Å². The van der Waals surface area contributed by atoms with Gasteiger partial charge in [0.15, 0.2) is 11.5 Å². The molecule has 1 atom stereocenters. The molecule has 1 amide bonds. The van der Waals surface area contributed by atoms with Crippen molar-refractivity contribution in [2.24, 2.45) is 0 Å². The summed E-state index contributed by atoms with van der Waals surface area (Å²) in [5.74, 6) is -0.112. The summed E-state index contributed by atoms with van der Waals surface area (Å²) in [6, 6.07) is 6.50. The van der Waals surface area contributed by atoms with Crippen LogP contribution in [-0.2, 0) is 4.79 Å². The predicted molar refractivity (Wildman–Crippen MR) is 76.1 cm³/mol. The molecule has 0 bridgehead atoms. The first kappa shape index (κ1) is 15.6. The number of nitrogens with zero attached hydrogens (tertiary/aromatic N) is 1. The van der Waals surface area contributed by atoms with Gasteiger partial charge in [-0.1, -0.05) is 13.0 Å². The smallest absolute Gasteiger partial charge is 0.262 e. The molecule has 1 rings (SSSR count). The number of amides is 1. The normalized spacial score (nSPS) is 12.4. The number of rotatable bonds is 5. The molecule has 106 valence electrons. The van der Waals surface area contributed by atoms with E-state index in [2.05, 4.69) is 5.32 Å². The van der Waals surface area contributed by atoms with Crippen LogP contribution in [0.25, 0.3) is 6.08 Å². The lowest BCUT2D eigenvalue weighted by molar-refractivity contribution is -0.117. The molecule has 0 aliphatic heterocycles. The number of phenols is 1. The number of benzene rings is 1. The van der Waals surface area contributed by atoms with Crippen molar-refractivity contribution in [3.63, 3.8) is 0 Å². The Labute approximate surface area is 118 Å². The summed E-state index contributed by atoms with van der Waals surface area (Å²) < 4.78 is 4.98. The number of methoxy groups -OCH3 is 1. The van der Waals surface area contributed by atoms with Crippen LogP contribution in [0.1, 0.15) is 25.8 Å². The number of carbonyl (C=O) groups is 1. The molecule has 0 spiro atoms. The van der Waals surface area contributed by atoms with E-state index in [1.807, 2.05) is 19.9 Å². The van der Waals surface area contributed by atoms with Crippen LogP contribution >= 0.6 is 0 Å². The summed E-state index contributed by atoms with van der Waals surface area (Å²) in [7, 11) is 1.43. The maximum atomic E-state index is 11.9. The zero-order valence-corrected chi connectivity index (χ0v) is 11.8. The van der Waals surface area contributed by atoms with Gasteiger partial charge in [0, 0.05) is 6.04 Å². The van der Waals surface area contributed by atoms with Gasteiger partial charge >= 0.3 is 0 Å². The monoisotopic (exact) mass is 274 g/mol. The van der Waals surface area contributed by atoms with E-state index in [0.717, 1.165) is 6.42 Å². The van der Waals surface area contributed by atoms with Crippen molar-refractivity contribution in [2.75, 3.05) is 7.11 Å². The first-order chi connectivity index (χ1) is 9.51. The van der Waals surface area contributed by atoms with Crippen molar-refractivity contribution >= 4 is 12.0 Å². The quantitative estimate of drug-likeness (QED) is 0.637. The summed E-state index contributed by atoms with van der Waals surface area (Å²) in [4.78, 5) is 11.9. The van der Waals surface area contributed by atoms with Gasteiger partial charge in [-0.2, -0.15) is 5.26 Å². The van der Waals surface area contributed by atoms with Crippen molar-refractivity contribution in [2.45, 2.75) is 26.3 Å². The fourth-order valence-electron chi connectivity index (χ4n) is 1.50. The standard InChI is InChI=1S/C15H18N2O3/c1-4-10(2)17-15(19)12(9-16)7-11-5-6-13(18)14(8-11)20-3/h5-8,10,18H,4H2,1-3H3,(H,17,19)/b12-7+/t10-/m0/s1. The maximum absolute atomic E-state index is 11.9. The Hall–Kier alpha value is -2.48. The summed E-state index contributed by atoms with van der Waals surface area (Å²) in [5, 5.41) is 21.3. The first-order valence-electron chi connectivity index (χ1n) is 6.31. The Morgan fingerprint density at radius 3 is 2.85 bits per heavy atom. The second-order valence-electron chi connectivity index (χ2n) is 4.38. The number of carbonyl (C=O) groups excluding carboxylic acids is 1. The number of phenolic OH excluding ortho intramolecular Hbond substituents is 1. The number of ether oxygens (including phenoxy) is 1. The molecule has 0 unspecified atom stereocenters. The number of hydrogen-bond acceptors (Lipinski definition) is 4. The third kappa shape index (κ3) is 4.02. The fraction of sp³-hybridized carbons (Fsp3) is 0.333. The summed E-state index contributed by atoms with van der Waals surface area (Å²) in [6.07, 6.45) is 2.25. The molecule has 5 heteroatoms. The van der Waals surface area contributed by atoms with Gasteiger partial charge in [0.05, 0.1) is 7.11 Å². The van der Waals surface area contributed by atoms with E-state index in [1.54, 1.807) is 12.1 Å². The SMILES string of the molecule is CC[C@H](C)NC(=O)/C(C#N)=C/c1ccc(O)c(OC)c1. The molecule has 20 heavy (non-hydrogen) atoms. The zero-order chi connectivity index (χ0) is 15.1. The van der Waals surface area contributed by atoms with Gasteiger partial charge in [-0.25, -0.2) is 0 Å². The van der Waals surface area contributed by atoms with Crippen LogP contribution in [0.15, 0.2) is 23.8 Å². The van der Waals surface area contributed by atoms with Gasteiger partial charge in [0.25, 0.3) is 5.91 Å². The van der Waals surface area contributed by atoms with Crippen LogP contribution in [0.4, 0.5) is 0 Å². The average Bonchev–Trinajstić information content (AvgIpc) is 2.45. The van der Waals surface area contributed by atoms with Crippen LogP contribution in [0.2, 0.25) is 0 Å². The van der Waals surface area contributed by atoms with E-state index < -0.39 is 5.91 Å². The maximum Gasteiger partial charge on any atom is 0.262 e. The van der Waals surface area contributed by atoms with Crippen LogP contribution in [0, 0.1) is 11.3 Å². The predicted octanol–water partition coefficient (Wildman–Crippen LogP) is 2.22. The van der Waals surface area contributed by atoms with Gasteiger partial charge in [0.1, 0.15) is 11.6 Å². The molecule has 5 nitrogen and oxygen atoms in total. The minimum atomic E-state index is -0.408. The molecule has 0 saturated heterocycles. The van der Waals surface area contributed by atoms with Gasteiger partial charge in [-0.05, 0) is 37.1 Å². The summed E-state index contributed by atoms with van der Waals surface area (Å²) in [6.45, 7) is 3.82. The second-order valence-corrected chi connectivity index (χ2v) is 4.38. The molecule has 0 aliphatic carbocycles. The first-order valence-corrected chi connectivity index (χ1v) is 6.31. The van der Waals surface area contributed by atoms with Crippen LogP contribution < -0.4 is 10.1 Å². The van der Waals surface area contributed by atoms with Gasteiger partial charge < -0.3 is 15.2 Å². The highest BCUT2D eigenvalue weighted by Crippen LogP contribution is 2.27. The van der Waals surface area contributed by atoms with Gasteiger partial charge in [-0.3, -0.25) is 4.79 Å². The molecule has 0 fully saturated rings. The molecule has 0 saturated carbocycles. The highest BCUT2D eigenvalue weighted by molar-refractivity contribution is 6.01. The lowest BCUT2D eigenvalue weighted by Gasteiger charge is -2.10. The number of nitriles is 1. The lowest BCUT2D eigenvalue weighted by atomic mass is 10.1. The molecule has 1 aromatic rings. The second kappa shape index (κ2) is 7.19. The molecule has 1 aromatic carbocycles. The van der Waals surface area contributed by atoms with Crippen LogP contribution in [0.5, 0.6) is 11.5 Å². The molecule has 0 aromatic heterocycles. The molecule has 2 N–H and O–H groups in total. The van der Waals surface area contributed by atoms with E-state index in [-0.39, 0.29) is 17.4 Å². The molecule has 0 heterocycles. The zero-order valence-electron chi connectivity index (χ0n) is 11.8. The highest BCUT2D eigenvalue weighted by Gasteiger charge is 2.11. The molecule has 0 aliphatic rings. The van der Waals surface area contributed by atoms with E-state index >= 15 is 0 Å². The summed E-state index contributed by atoms with van der Waals surface area (Å²) in [5.41, 5.74) is 0.619. The minimum absolute atomic E-state index is 0.00668. The minimum Gasteiger partial charge on any atom is -0.504 e. The Morgan fingerprint density at radius 2 is 2.30 bits per heavy atom. The Morgan fingerprint density at radius 1 is 1.60 bits per heavy atom. The summed E-state index contributed by atoms with van der Waals surface area (Å²) >= 11 is 0. The van der Waals surface area contributed by atoms with Crippen molar-refractivity contribution in [3.8, 4) is 17.6 Å². The Bertz CT molecular complexity index is 559. The largest absolute Gasteiger partial charge is 0.504 e. The van der Waals surface area contributed by atoms with Crippen molar-refractivity contribution in [1.82, 2.24) is 5.32 Å². The van der Waals surface area contributed by atoms with Crippen LogP contribution in [-0.4, -0.2) is 24.2 Å². The van der Waals surface area contributed by atoms with Crippen molar-refractivity contribution in [3.05, 3.63) is 29.3 Å². The number of nitrogens with one attached hydrogen (secondary N) is 1. The van der Waals surface area contributed by atoms with Crippen molar-refractivity contribution < 1.29 is 14.6 Å². The molecule has 0 radical (unpaired) electrons. The fourth-order valence-corrected chi connectivity index (χ4v) is 1.50. The molecular formula is C15H18N2O3. The highest BCUT2D eigenvalue weighted by atomic mass is 16.5. The van der Waals surface area contributed by atoms with E-state index in [4.69, 9.17) is 10.00 Å². The Balaban J connectivity index is 3.00. The topological polar surface area (TPSA) is 82.4 Å². The van der Waals surface area contributed by atoms with Crippen LogP contribution in [0.3, 0.4) is 0 Å². The third-order valence-electron chi connectivity index (χ3n) is 2.87. The average molecular weight is 274 g/mol. The third-order valence-corrected chi connectivity index (χ3v) is 2.87. The van der Waals surface area contributed by atoms with Crippen molar-refractivity contribution in [1.29, 1.82) is 5.26 Å². The number of aromatic hydroxyl groups is 1. The lowest BCUT2D eigenvalue weighted by Crippen LogP contribution is -2.32. The molecular weight excluding hydrogens is 256 g/mol. The Kier molecular flexibility index (Phi) is 5.60. The van der Waals surface area contributed by atoms with E-state index in [9.17, 15) is 9.90 Å². The van der Waals surface area contributed by atoms with Gasteiger partial charge in [-0.15, -0.1) is 0 Å². The van der Waals surface area contributed by atoms with E-state index in [0.29, 0.717) is 11.3 Å².